The van der Waals surface area contributed by atoms with Gasteiger partial charge >= 0.3 is 0 Å². The normalized spacial score (nSPS) is 19.8. The minimum absolute atomic E-state index is 0.402. The SMILES string of the molecule is C=CCCN(C1=CCC(C)C=C1C)C(=CC)C(/C=C(/C)C(=C)C)CC. The zero-order chi connectivity index (χ0) is 19.0. The number of hydrogen-bond donors (Lipinski definition) is 0. The molecule has 0 aromatic carbocycles. The molecule has 0 N–H and O–H groups in total. The number of allylic oxidation sites excluding steroid dienone is 7. The number of rotatable bonds is 9. The van der Waals surface area contributed by atoms with E-state index in [-0.39, 0.29) is 0 Å². The minimum Gasteiger partial charge on any atom is -0.345 e. The van der Waals surface area contributed by atoms with Gasteiger partial charge in [0.2, 0.25) is 0 Å². The molecule has 0 spiro atoms. The summed E-state index contributed by atoms with van der Waals surface area (Å²) in [5.74, 6) is 1.03. The van der Waals surface area contributed by atoms with E-state index in [1.165, 1.54) is 22.5 Å². The Morgan fingerprint density at radius 3 is 2.56 bits per heavy atom. The maximum atomic E-state index is 4.10. The molecule has 1 aliphatic carbocycles. The van der Waals surface area contributed by atoms with Crippen molar-refractivity contribution in [2.24, 2.45) is 11.8 Å². The van der Waals surface area contributed by atoms with Gasteiger partial charge in [0.05, 0.1) is 0 Å². The summed E-state index contributed by atoms with van der Waals surface area (Å²) in [6.07, 6.45) is 14.7. The summed E-state index contributed by atoms with van der Waals surface area (Å²) in [7, 11) is 0. The Labute approximate surface area is 156 Å². The van der Waals surface area contributed by atoms with Crippen LogP contribution in [0.4, 0.5) is 0 Å². The van der Waals surface area contributed by atoms with Gasteiger partial charge in [-0.1, -0.05) is 62.0 Å². The lowest BCUT2D eigenvalue weighted by atomic mass is 9.92. The number of nitrogens with zero attached hydrogens (tertiary/aromatic N) is 1. The molecule has 1 heteroatoms. The van der Waals surface area contributed by atoms with Gasteiger partial charge in [-0.05, 0) is 58.4 Å². The van der Waals surface area contributed by atoms with Crippen LogP contribution in [0, 0.1) is 11.8 Å². The van der Waals surface area contributed by atoms with Gasteiger partial charge in [0.15, 0.2) is 0 Å². The summed E-state index contributed by atoms with van der Waals surface area (Å²) >= 11 is 0. The Kier molecular flexibility index (Phi) is 8.75. The molecule has 1 rings (SSSR count). The van der Waals surface area contributed by atoms with Gasteiger partial charge < -0.3 is 4.90 Å². The van der Waals surface area contributed by atoms with Gasteiger partial charge in [-0.3, -0.25) is 0 Å². The third kappa shape index (κ3) is 5.92. The average molecular weight is 340 g/mol. The van der Waals surface area contributed by atoms with Crippen LogP contribution in [0.5, 0.6) is 0 Å². The summed E-state index contributed by atoms with van der Waals surface area (Å²) < 4.78 is 0. The summed E-state index contributed by atoms with van der Waals surface area (Å²) in [4.78, 5) is 2.51. The van der Waals surface area contributed by atoms with E-state index in [4.69, 9.17) is 0 Å². The summed E-state index contributed by atoms with van der Waals surface area (Å²) in [6.45, 7) is 22.2. The predicted octanol–water partition coefficient (Wildman–Crippen LogP) is 7.19. The van der Waals surface area contributed by atoms with E-state index in [9.17, 15) is 0 Å². The molecule has 1 nitrogen and oxygen atoms in total. The molecular weight excluding hydrogens is 302 g/mol. The van der Waals surface area contributed by atoms with Gasteiger partial charge in [-0.25, -0.2) is 0 Å². The minimum atomic E-state index is 0.402. The monoisotopic (exact) mass is 339 g/mol. The Bertz CT molecular complexity index is 598. The molecule has 0 amide bonds. The molecular formula is C24H37N. The van der Waals surface area contributed by atoms with Crippen LogP contribution in [-0.4, -0.2) is 11.4 Å². The highest BCUT2D eigenvalue weighted by molar-refractivity contribution is 5.37. The van der Waals surface area contributed by atoms with E-state index >= 15 is 0 Å². The molecule has 0 heterocycles. The lowest BCUT2D eigenvalue weighted by Crippen LogP contribution is -2.29. The quantitative estimate of drug-likeness (QED) is 0.317. The molecule has 2 atom stereocenters. The van der Waals surface area contributed by atoms with E-state index in [1.807, 2.05) is 6.08 Å². The molecule has 25 heavy (non-hydrogen) atoms. The van der Waals surface area contributed by atoms with Gasteiger partial charge in [0.25, 0.3) is 0 Å². The average Bonchev–Trinajstić information content (AvgIpc) is 2.57. The Morgan fingerprint density at radius 1 is 1.40 bits per heavy atom. The first-order valence-electron chi connectivity index (χ1n) is 9.63. The van der Waals surface area contributed by atoms with Crippen molar-refractivity contribution in [3.8, 4) is 0 Å². The third-order valence-corrected chi connectivity index (χ3v) is 5.02. The van der Waals surface area contributed by atoms with Crippen LogP contribution >= 0.6 is 0 Å². The van der Waals surface area contributed by atoms with E-state index in [0.29, 0.717) is 11.8 Å². The molecule has 0 saturated carbocycles. The standard InChI is InChI=1S/C24H37N/c1-9-12-15-25(24-14-13-19(6)16-21(24)8)23(11-3)22(10-2)17-20(7)18(4)5/h9,11,14,16-17,19,22H,1,4,10,12-13,15H2,2-3,5-8H3/b20-17-,23-11?. The van der Waals surface area contributed by atoms with Gasteiger partial charge in [-0.2, -0.15) is 0 Å². The Balaban J connectivity index is 3.26. The smallest absolute Gasteiger partial charge is 0.0394 e. The highest BCUT2D eigenvalue weighted by Gasteiger charge is 2.22. The zero-order valence-electron chi connectivity index (χ0n) is 17.2. The lowest BCUT2D eigenvalue weighted by Gasteiger charge is -2.35. The van der Waals surface area contributed by atoms with E-state index in [2.05, 4.69) is 83.9 Å². The second kappa shape index (κ2) is 10.3. The van der Waals surface area contributed by atoms with Gasteiger partial charge in [-0.15, -0.1) is 6.58 Å². The Morgan fingerprint density at radius 2 is 2.08 bits per heavy atom. The van der Waals surface area contributed by atoms with Crippen molar-refractivity contribution in [3.63, 3.8) is 0 Å². The molecule has 0 bridgehead atoms. The Hall–Kier alpha value is -1.76. The fourth-order valence-electron chi connectivity index (χ4n) is 3.40. The highest BCUT2D eigenvalue weighted by atomic mass is 15.2. The highest BCUT2D eigenvalue weighted by Crippen LogP contribution is 2.32. The summed E-state index contributed by atoms with van der Waals surface area (Å²) in [5.41, 5.74) is 6.57. The van der Waals surface area contributed by atoms with Crippen molar-refractivity contribution in [3.05, 3.63) is 71.7 Å². The van der Waals surface area contributed by atoms with Crippen LogP contribution in [0.2, 0.25) is 0 Å². The van der Waals surface area contributed by atoms with Crippen LogP contribution < -0.4 is 0 Å². The fraction of sp³-hybridized carbons (Fsp3) is 0.500. The predicted molar refractivity (Wildman–Crippen MR) is 113 cm³/mol. The molecule has 2 unspecified atom stereocenters. The van der Waals surface area contributed by atoms with E-state index in [0.717, 1.165) is 31.4 Å². The van der Waals surface area contributed by atoms with Crippen molar-refractivity contribution < 1.29 is 0 Å². The van der Waals surface area contributed by atoms with Crippen LogP contribution in [0.3, 0.4) is 0 Å². The molecule has 0 aliphatic heterocycles. The fourth-order valence-corrected chi connectivity index (χ4v) is 3.40. The molecule has 138 valence electrons. The maximum Gasteiger partial charge on any atom is 0.0394 e. The number of hydrogen-bond acceptors (Lipinski definition) is 1. The van der Waals surface area contributed by atoms with Crippen LogP contribution in [-0.2, 0) is 0 Å². The second-order valence-corrected chi connectivity index (χ2v) is 7.24. The maximum absolute atomic E-state index is 4.10. The van der Waals surface area contributed by atoms with Crippen molar-refractivity contribution >= 4 is 0 Å². The van der Waals surface area contributed by atoms with Crippen molar-refractivity contribution in [1.82, 2.24) is 4.90 Å². The summed E-state index contributed by atoms with van der Waals surface area (Å²) in [6, 6.07) is 0. The van der Waals surface area contributed by atoms with Crippen LogP contribution in [0.15, 0.2) is 71.7 Å². The van der Waals surface area contributed by atoms with Crippen molar-refractivity contribution in [2.45, 2.75) is 60.8 Å². The van der Waals surface area contributed by atoms with Crippen molar-refractivity contribution in [1.29, 1.82) is 0 Å². The molecule has 0 fully saturated rings. The topological polar surface area (TPSA) is 3.24 Å². The van der Waals surface area contributed by atoms with Crippen molar-refractivity contribution in [2.75, 3.05) is 6.54 Å². The van der Waals surface area contributed by atoms with E-state index < -0.39 is 0 Å². The van der Waals surface area contributed by atoms with Gasteiger partial charge in [0, 0.05) is 23.9 Å². The third-order valence-electron chi connectivity index (χ3n) is 5.02. The molecule has 0 radical (unpaired) electrons. The first kappa shape index (κ1) is 21.3. The van der Waals surface area contributed by atoms with Crippen LogP contribution in [0.25, 0.3) is 0 Å². The first-order chi connectivity index (χ1) is 11.8. The molecule has 0 saturated heterocycles. The van der Waals surface area contributed by atoms with Crippen LogP contribution in [0.1, 0.15) is 60.8 Å². The van der Waals surface area contributed by atoms with Gasteiger partial charge in [0.1, 0.15) is 0 Å². The summed E-state index contributed by atoms with van der Waals surface area (Å²) in [5, 5.41) is 0. The molecule has 0 aromatic heterocycles. The zero-order valence-corrected chi connectivity index (χ0v) is 17.2. The molecule has 1 aliphatic rings. The lowest BCUT2D eigenvalue weighted by molar-refractivity contribution is 0.387. The van der Waals surface area contributed by atoms with E-state index in [1.54, 1.807) is 0 Å². The second-order valence-electron chi connectivity index (χ2n) is 7.24. The largest absolute Gasteiger partial charge is 0.345 e. The first-order valence-corrected chi connectivity index (χ1v) is 9.63. The molecule has 0 aromatic rings.